The van der Waals surface area contributed by atoms with E-state index in [0.29, 0.717) is 6.10 Å². The first-order valence-electron chi connectivity index (χ1n) is 4.60. The summed E-state index contributed by atoms with van der Waals surface area (Å²) in [6, 6.07) is 0. The van der Waals surface area contributed by atoms with E-state index in [2.05, 4.69) is 28.2 Å². The minimum absolute atomic E-state index is 0.334. The first-order valence-corrected chi connectivity index (χ1v) is 5.73. The molecule has 0 aliphatic rings. The van der Waals surface area contributed by atoms with Crippen molar-refractivity contribution in [2.45, 2.75) is 32.3 Å². The third-order valence-corrected chi connectivity index (χ3v) is 2.38. The largest absolute Gasteiger partial charge is 0.380 e. The van der Waals surface area contributed by atoms with E-state index in [1.54, 1.807) is 7.11 Å². The molecule has 0 saturated carbocycles. The van der Waals surface area contributed by atoms with Gasteiger partial charge in [0, 0.05) is 19.0 Å². The highest BCUT2D eigenvalue weighted by Gasteiger charge is 1.96. The Labute approximate surface area is 84.2 Å². The van der Waals surface area contributed by atoms with Crippen LogP contribution in [-0.2, 0) is 4.74 Å². The van der Waals surface area contributed by atoms with Crippen molar-refractivity contribution in [1.82, 2.24) is 5.32 Å². The number of rotatable bonds is 8. The Balaban J connectivity index is 2.90. The van der Waals surface area contributed by atoms with Crippen molar-refractivity contribution in [2.75, 3.05) is 25.5 Å². The molecule has 0 bridgehead atoms. The molecule has 0 radical (unpaired) electrons. The molecule has 0 aliphatic carbocycles. The number of methoxy groups -OCH3 is 1. The fourth-order valence-electron chi connectivity index (χ4n) is 0.910. The molecule has 0 spiro atoms. The van der Waals surface area contributed by atoms with Gasteiger partial charge in [-0.3, -0.25) is 0 Å². The zero-order valence-electron chi connectivity index (χ0n) is 8.11. The van der Waals surface area contributed by atoms with E-state index >= 15 is 0 Å². The maximum atomic E-state index is 5.11. The van der Waals surface area contributed by atoms with Gasteiger partial charge in [-0.25, -0.2) is 0 Å². The first-order chi connectivity index (χ1) is 5.81. The van der Waals surface area contributed by atoms with Crippen molar-refractivity contribution in [3.8, 4) is 0 Å². The predicted octanol–water partition coefficient (Wildman–Crippen LogP) is 2.18. The lowest BCUT2D eigenvalue weighted by Crippen LogP contribution is -2.26. The molecule has 0 fully saturated rings. The summed E-state index contributed by atoms with van der Waals surface area (Å²) in [6.45, 7) is 4.15. The van der Waals surface area contributed by atoms with Crippen LogP contribution in [0.4, 0.5) is 0 Å². The van der Waals surface area contributed by atoms with Crippen molar-refractivity contribution in [1.29, 1.82) is 0 Å². The van der Waals surface area contributed by atoms with Gasteiger partial charge in [0.25, 0.3) is 0 Å². The number of ether oxygens (including phenoxy) is 1. The predicted molar refractivity (Wildman–Crippen MR) is 57.0 cm³/mol. The van der Waals surface area contributed by atoms with Gasteiger partial charge < -0.3 is 10.1 Å². The molecule has 0 saturated heterocycles. The van der Waals surface area contributed by atoms with Gasteiger partial charge in [0.05, 0.1) is 6.10 Å². The lowest BCUT2D eigenvalue weighted by molar-refractivity contribution is 0.117. The molecule has 2 nitrogen and oxygen atoms in total. The van der Waals surface area contributed by atoms with Crippen LogP contribution in [0.5, 0.6) is 0 Å². The fourth-order valence-corrected chi connectivity index (χ4v) is 1.31. The van der Waals surface area contributed by atoms with E-state index in [9.17, 15) is 0 Å². The van der Waals surface area contributed by atoms with Crippen molar-refractivity contribution in [3.05, 3.63) is 0 Å². The summed E-state index contributed by atoms with van der Waals surface area (Å²) < 4.78 is 5.11. The Kier molecular flexibility index (Phi) is 9.80. The minimum atomic E-state index is 0.334. The van der Waals surface area contributed by atoms with Crippen LogP contribution in [0.15, 0.2) is 0 Å². The number of unbranched alkanes of at least 4 members (excludes halogenated alkanes) is 2. The quantitative estimate of drug-likeness (QED) is 0.517. The number of hydrogen-bond donors (Lipinski definition) is 1. The molecule has 0 amide bonds. The van der Waals surface area contributed by atoms with Gasteiger partial charge in [-0.05, 0) is 26.3 Å². The van der Waals surface area contributed by atoms with Crippen molar-refractivity contribution in [3.63, 3.8) is 0 Å². The molecular weight excluding hydrogens is 218 g/mol. The molecule has 0 aliphatic heterocycles. The van der Waals surface area contributed by atoms with Crippen LogP contribution in [0.3, 0.4) is 0 Å². The summed E-state index contributed by atoms with van der Waals surface area (Å²) in [5.41, 5.74) is 0. The zero-order chi connectivity index (χ0) is 9.23. The molecular formula is C9H20BrNO. The normalized spacial score (nSPS) is 13.2. The highest BCUT2D eigenvalue weighted by atomic mass is 79.9. The summed E-state index contributed by atoms with van der Waals surface area (Å²) in [6.07, 6.45) is 4.18. The van der Waals surface area contributed by atoms with E-state index in [1.165, 1.54) is 19.3 Å². The van der Waals surface area contributed by atoms with Crippen molar-refractivity contribution in [2.24, 2.45) is 0 Å². The summed E-state index contributed by atoms with van der Waals surface area (Å²) in [7, 11) is 1.75. The second kappa shape index (κ2) is 9.49. The van der Waals surface area contributed by atoms with E-state index in [1.807, 2.05) is 0 Å². The van der Waals surface area contributed by atoms with Crippen LogP contribution in [0.25, 0.3) is 0 Å². The summed E-state index contributed by atoms with van der Waals surface area (Å²) in [4.78, 5) is 0. The molecule has 0 aromatic carbocycles. The van der Waals surface area contributed by atoms with E-state index in [4.69, 9.17) is 4.74 Å². The molecule has 74 valence electrons. The monoisotopic (exact) mass is 237 g/mol. The van der Waals surface area contributed by atoms with Gasteiger partial charge >= 0.3 is 0 Å². The Bertz CT molecular complexity index is 90.6. The van der Waals surface area contributed by atoms with Gasteiger partial charge in [0.2, 0.25) is 0 Å². The first kappa shape index (κ1) is 12.4. The topological polar surface area (TPSA) is 21.3 Å². The Morgan fingerprint density at radius 1 is 1.33 bits per heavy atom. The van der Waals surface area contributed by atoms with Gasteiger partial charge in [0.15, 0.2) is 0 Å². The van der Waals surface area contributed by atoms with E-state index in [0.717, 1.165) is 18.4 Å². The van der Waals surface area contributed by atoms with E-state index in [-0.39, 0.29) is 0 Å². The Hall–Kier alpha value is 0.400. The average Bonchev–Trinajstić information content (AvgIpc) is 2.10. The van der Waals surface area contributed by atoms with Crippen LogP contribution < -0.4 is 5.32 Å². The second-order valence-corrected chi connectivity index (χ2v) is 3.79. The van der Waals surface area contributed by atoms with Crippen LogP contribution in [0.1, 0.15) is 26.2 Å². The van der Waals surface area contributed by atoms with Crippen LogP contribution in [0.2, 0.25) is 0 Å². The molecule has 0 rings (SSSR count). The van der Waals surface area contributed by atoms with Crippen molar-refractivity contribution < 1.29 is 4.74 Å². The molecule has 0 heterocycles. The highest BCUT2D eigenvalue weighted by Crippen LogP contribution is 1.97. The lowest BCUT2D eigenvalue weighted by Gasteiger charge is -2.09. The molecule has 1 unspecified atom stereocenters. The maximum absolute atomic E-state index is 5.11. The number of hydrogen-bond acceptors (Lipinski definition) is 2. The Morgan fingerprint density at radius 3 is 2.67 bits per heavy atom. The van der Waals surface area contributed by atoms with E-state index < -0.39 is 0 Å². The van der Waals surface area contributed by atoms with Crippen LogP contribution >= 0.6 is 15.9 Å². The second-order valence-electron chi connectivity index (χ2n) is 3.00. The summed E-state index contributed by atoms with van der Waals surface area (Å²) >= 11 is 3.41. The number of alkyl halides is 1. The standard InChI is InChI=1S/C9H20BrNO/c1-9(12-2)8-11-7-5-3-4-6-10/h9,11H,3-8H2,1-2H3. The van der Waals surface area contributed by atoms with Gasteiger partial charge in [0.1, 0.15) is 0 Å². The lowest BCUT2D eigenvalue weighted by atomic mass is 10.2. The molecule has 0 aromatic heterocycles. The number of nitrogens with one attached hydrogen (secondary N) is 1. The molecule has 1 atom stereocenters. The average molecular weight is 238 g/mol. The highest BCUT2D eigenvalue weighted by molar-refractivity contribution is 9.09. The molecule has 0 aromatic rings. The Morgan fingerprint density at radius 2 is 2.08 bits per heavy atom. The van der Waals surface area contributed by atoms with Crippen LogP contribution in [-0.4, -0.2) is 31.6 Å². The van der Waals surface area contributed by atoms with Crippen molar-refractivity contribution >= 4 is 15.9 Å². The molecule has 1 N–H and O–H groups in total. The third-order valence-electron chi connectivity index (χ3n) is 1.82. The van der Waals surface area contributed by atoms with Gasteiger partial charge in [-0.15, -0.1) is 0 Å². The summed E-state index contributed by atoms with van der Waals surface area (Å²) in [5.74, 6) is 0. The SMILES string of the molecule is COC(C)CNCCCCCBr. The molecule has 3 heteroatoms. The minimum Gasteiger partial charge on any atom is -0.380 e. The van der Waals surface area contributed by atoms with Crippen LogP contribution in [0, 0.1) is 0 Å². The van der Waals surface area contributed by atoms with Gasteiger partial charge in [-0.2, -0.15) is 0 Å². The number of halogens is 1. The fraction of sp³-hybridized carbons (Fsp3) is 1.00. The molecule has 12 heavy (non-hydrogen) atoms. The smallest absolute Gasteiger partial charge is 0.0667 e. The maximum Gasteiger partial charge on any atom is 0.0667 e. The third kappa shape index (κ3) is 8.50. The van der Waals surface area contributed by atoms with Gasteiger partial charge in [-0.1, -0.05) is 22.4 Å². The summed E-state index contributed by atoms with van der Waals surface area (Å²) in [5, 5.41) is 4.48. The zero-order valence-corrected chi connectivity index (χ0v) is 9.69.